The summed E-state index contributed by atoms with van der Waals surface area (Å²) in [7, 11) is 3.23. The van der Waals surface area contributed by atoms with Crippen LogP contribution < -0.4 is 56.5 Å². The third-order valence-corrected chi connectivity index (χ3v) is 12.4. The average molecular weight is 895 g/mol. The molecule has 6 aliphatic rings. The molecule has 0 aromatic rings. The molecule has 360 valence electrons. The molecule has 0 aromatic heterocycles. The first-order valence-corrected chi connectivity index (χ1v) is 21.2. The van der Waals surface area contributed by atoms with Crippen LogP contribution in [0.15, 0.2) is 23.7 Å². The number of likely N-dealkylation sites (N-methyl/N-ethyl adjacent to an activating group) is 2. The topological polar surface area (TPSA) is 427 Å². The van der Waals surface area contributed by atoms with Gasteiger partial charge >= 0.3 is 0 Å². The first-order chi connectivity index (χ1) is 29.2. The van der Waals surface area contributed by atoms with Crippen molar-refractivity contribution in [3.8, 4) is 0 Å². The van der Waals surface area contributed by atoms with Gasteiger partial charge in [0, 0.05) is 24.2 Å². The highest BCUT2D eigenvalue weighted by atomic mass is 16.7. The van der Waals surface area contributed by atoms with Crippen molar-refractivity contribution in [3.63, 3.8) is 0 Å². The van der Waals surface area contributed by atoms with Crippen molar-refractivity contribution in [1.29, 1.82) is 0 Å². The van der Waals surface area contributed by atoms with E-state index in [-0.39, 0.29) is 26.3 Å². The third-order valence-electron chi connectivity index (χ3n) is 12.4. The Bertz CT molecular complexity index is 1380. The fraction of sp³-hybridized carbons (Fsp3) is 0.895. The Labute approximate surface area is 361 Å². The molecule has 0 radical (unpaired) electrons. The van der Waals surface area contributed by atoms with Crippen LogP contribution in [0.2, 0.25) is 0 Å². The highest BCUT2D eigenvalue weighted by Crippen LogP contribution is 2.33. The Morgan fingerprint density at radius 1 is 0.548 bits per heavy atom. The zero-order chi connectivity index (χ0) is 45.8. The monoisotopic (exact) mass is 895 g/mol. The van der Waals surface area contributed by atoms with Gasteiger partial charge in [0.25, 0.3) is 0 Å². The number of rotatable bonds is 12. The highest BCUT2D eigenvalue weighted by molar-refractivity contribution is 5.07. The van der Waals surface area contributed by atoms with Crippen LogP contribution in [-0.2, 0) is 37.9 Å². The average Bonchev–Trinajstić information content (AvgIpc) is 3.21. The van der Waals surface area contributed by atoms with Crippen molar-refractivity contribution in [2.45, 2.75) is 173 Å². The van der Waals surface area contributed by atoms with Crippen LogP contribution in [0.5, 0.6) is 0 Å². The van der Waals surface area contributed by atoms with E-state index in [9.17, 15) is 30.6 Å². The lowest BCUT2D eigenvalue weighted by Crippen LogP contribution is -2.68. The van der Waals surface area contributed by atoms with Gasteiger partial charge in [-0.25, -0.2) is 0 Å². The number of hydrogen-bond donors (Lipinski definition) is 16. The minimum absolute atomic E-state index is 0.0727. The number of ether oxygens (including phenoxy) is 8. The van der Waals surface area contributed by atoms with Gasteiger partial charge in [-0.15, -0.1) is 0 Å². The van der Waals surface area contributed by atoms with E-state index in [0.717, 1.165) is 0 Å². The van der Waals surface area contributed by atoms with Gasteiger partial charge in [0.15, 0.2) is 12.6 Å². The van der Waals surface area contributed by atoms with E-state index in [1.807, 2.05) is 0 Å². The van der Waals surface area contributed by atoms with Gasteiger partial charge in [-0.05, 0) is 65.8 Å². The molecular formula is C38H74N10O14. The molecular weight excluding hydrogens is 820 g/mol. The van der Waals surface area contributed by atoms with Crippen LogP contribution in [0.1, 0.15) is 39.5 Å². The van der Waals surface area contributed by atoms with Crippen LogP contribution in [0.25, 0.3) is 0 Å². The van der Waals surface area contributed by atoms with Crippen molar-refractivity contribution >= 4 is 0 Å². The molecule has 0 unspecified atom stereocenters. The van der Waals surface area contributed by atoms with E-state index in [1.165, 1.54) is 0 Å². The maximum atomic E-state index is 11.0. The molecule has 4 aliphatic heterocycles. The van der Waals surface area contributed by atoms with E-state index in [2.05, 4.69) is 10.6 Å². The summed E-state index contributed by atoms with van der Waals surface area (Å²) in [4.78, 5) is 0. The Balaban J connectivity index is 0.000000234. The molecule has 4 fully saturated rings. The Hall–Kier alpha value is -1.80. The zero-order valence-electron chi connectivity index (χ0n) is 35.9. The van der Waals surface area contributed by atoms with E-state index in [4.69, 9.17) is 83.8 Å². The van der Waals surface area contributed by atoms with Gasteiger partial charge in [-0.3, -0.25) is 0 Å². The molecule has 4 heterocycles. The quantitative estimate of drug-likeness (QED) is 0.0865. The summed E-state index contributed by atoms with van der Waals surface area (Å²) in [5.41, 5.74) is 45.7. The summed E-state index contributed by atoms with van der Waals surface area (Å²) >= 11 is 0. The number of nitrogens with two attached hydrogens (primary N) is 8. The second-order valence-corrected chi connectivity index (χ2v) is 17.6. The van der Waals surface area contributed by atoms with Gasteiger partial charge in [-0.2, -0.15) is 0 Å². The molecule has 6 rings (SSSR count). The predicted molar refractivity (Wildman–Crippen MR) is 220 cm³/mol. The standard InChI is InChI=1S/2C19H37N5O7/c2*1-19(27)7-28-18(13(26)16(19)24-2)31-15-11(23)5-10(22)14(12(15)25)30-17-9(21)4-3-8(6-20)29-17/h2*3,9-18,24-27H,4-7,20-23H2,1-2H3/t2*9-,10+,11-,12+,13-,14-,15+,16-,17-,18-,19+/m11/s1. The van der Waals surface area contributed by atoms with Crippen molar-refractivity contribution in [1.82, 2.24) is 10.6 Å². The van der Waals surface area contributed by atoms with Gasteiger partial charge in [0.2, 0.25) is 12.6 Å². The lowest BCUT2D eigenvalue weighted by molar-refractivity contribution is -0.303. The van der Waals surface area contributed by atoms with Crippen LogP contribution in [0.4, 0.5) is 0 Å². The Morgan fingerprint density at radius 3 is 1.15 bits per heavy atom. The SMILES string of the molecule is CN[C@@H]1[C@@H](O)[C@@H](O[C@@H]2[C@@H](O)[C@H](O[C@H]3OC(CN)=CC[C@H]3N)[C@@H](N)C[C@H]2N)OC[C@]1(C)O.CN[C@@H]1[C@@H](O)[C@@H](O[C@@H]2[C@@H](O)[C@H](O[C@H]3OC(CN)=CC[C@H]3N)[C@@H](N)C[C@H]2N)OC[C@]1(C)O. The predicted octanol–water partition coefficient (Wildman–Crippen LogP) is -7.70. The maximum absolute atomic E-state index is 11.0. The lowest BCUT2D eigenvalue weighted by Gasteiger charge is -2.48. The molecule has 24 N–H and O–H groups in total. The lowest BCUT2D eigenvalue weighted by atomic mass is 9.84. The molecule has 0 aromatic carbocycles. The van der Waals surface area contributed by atoms with Crippen LogP contribution in [-0.4, -0.2) is 205 Å². The van der Waals surface area contributed by atoms with Gasteiger partial charge < -0.3 is 125 Å². The van der Waals surface area contributed by atoms with Crippen molar-refractivity contribution < 1.29 is 68.5 Å². The van der Waals surface area contributed by atoms with E-state index < -0.39 is 134 Å². The maximum Gasteiger partial charge on any atom is 0.215 e. The largest absolute Gasteiger partial charge is 0.467 e. The minimum Gasteiger partial charge on any atom is -0.467 e. The fourth-order valence-corrected chi connectivity index (χ4v) is 8.88. The number of nitrogens with one attached hydrogen (secondary N) is 2. The first-order valence-electron chi connectivity index (χ1n) is 21.2. The second kappa shape index (κ2) is 21.7. The normalized spacial score (nSPS) is 48.7. The van der Waals surface area contributed by atoms with Gasteiger partial charge in [-0.1, -0.05) is 0 Å². The van der Waals surface area contributed by atoms with Crippen LogP contribution in [0, 0.1) is 0 Å². The minimum atomic E-state index is -1.29. The molecule has 24 heteroatoms. The van der Waals surface area contributed by atoms with Crippen molar-refractivity contribution in [3.05, 3.63) is 23.7 Å². The van der Waals surface area contributed by atoms with E-state index in [0.29, 0.717) is 37.2 Å². The second-order valence-electron chi connectivity index (χ2n) is 17.6. The van der Waals surface area contributed by atoms with Gasteiger partial charge in [0.1, 0.15) is 71.6 Å². The fourth-order valence-electron chi connectivity index (χ4n) is 8.88. The summed E-state index contributed by atoms with van der Waals surface area (Å²) in [6, 6.07) is -4.74. The molecule has 0 amide bonds. The molecule has 2 saturated carbocycles. The third kappa shape index (κ3) is 11.6. The number of hydrogen-bond acceptors (Lipinski definition) is 24. The number of aliphatic hydroxyl groups excluding tert-OH is 4. The van der Waals surface area contributed by atoms with Crippen LogP contribution in [0.3, 0.4) is 0 Å². The van der Waals surface area contributed by atoms with Crippen molar-refractivity contribution in [2.24, 2.45) is 45.9 Å². The Kier molecular flexibility index (Phi) is 17.9. The molecule has 24 nitrogen and oxygen atoms in total. The van der Waals surface area contributed by atoms with E-state index in [1.54, 1.807) is 40.1 Å². The summed E-state index contributed by atoms with van der Waals surface area (Å²) in [5.74, 6) is 1.11. The van der Waals surface area contributed by atoms with Crippen LogP contribution >= 0.6 is 0 Å². The summed E-state index contributed by atoms with van der Waals surface area (Å²) in [6.07, 6.45) is -7.13. The van der Waals surface area contributed by atoms with E-state index >= 15 is 0 Å². The smallest absolute Gasteiger partial charge is 0.215 e. The molecule has 2 aliphatic carbocycles. The molecule has 0 spiro atoms. The molecule has 0 bridgehead atoms. The van der Waals surface area contributed by atoms with Crippen molar-refractivity contribution in [2.75, 3.05) is 40.4 Å². The Morgan fingerprint density at radius 2 is 0.855 bits per heavy atom. The highest BCUT2D eigenvalue weighted by Gasteiger charge is 2.53. The summed E-state index contributed by atoms with van der Waals surface area (Å²) < 4.78 is 46.1. The number of aliphatic hydroxyl groups is 6. The first kappa shape index (κ1) is 51.2. The summed E-state index contributed by atoms with van der Waals surface area (Å²) in [5, 5.41) is 69.8. The molecule has 2 saturated heterocycles. The summed E-state index contributed by atoms with van der Waals surface area (Å²) in [6.45, 7) is 3.36. The molecule has 22 atom stereocenters. The zero-order valence-corrected chi connectivity index (χ0v) is 35.9. The van der Waals surface area contributed by atoms with Gasteiger partial charge in [0.05, 0.1) is 50.5 Å². The molecule has 62 heavy (non-hydrogen) atoms.